The normalized spacial score (nSPS) is 25.3. The van der Waals surface area contributed by atoms with Crippen molar-refractivity contribution in [3.05, 3.63) is 0 Å². The average molecular weight is 200 g/mol. The van der Waals surface area contributed by atoms with Crippen molar-refractivity contribution in [1.82, 2.24) is 4.90 Å². The van der Waals surface area contributed by atoms with E-state index >= 15 is 0 Å². The van der Waals surface area contributed by atoms with Crippen molar-refractivity contribution in [1.29, 1.82) is 0 Å². The topological polar surface area (TPSA) is 49.5 Å². The maximum absolute atomic E-state index is 10.2. The molecule has 1 saturated heterocycles. The zero-order valence-corrected chi connectivity index (χ0v) is 9.50. The molecule has 0 aromatic heterocycles. The maximum atomic E-state index is 10.2. The van der Waals surface area contributed by atoms with Crippen LogP contribution in [-0.4, -0.2) is 41.3 Å². The third-order valence-electron chi connectivity index (χ3n) is 3.38. The number of β-amino-alcohol motifs (C(OH)–C–C–N with tert-alkyl or cyclic N) is 1. The van der Waals surface area contributed by atoms with Gasteiger partial charge < -0.3 is 10.8 Å². The molecule has 0 saturated carbocycles. The van der Waals surface area contributed by atoms with Crippen molar-refractivity contribution < 1.29 is 5.11 Å². The fourth-order valence-corrected chi connectivity index (χ4v) is 2.12. The molecule has 3 heteroatoms. The standard InChI is InChI=1S/C11H24N2O/c1-3-11(14,4-2)9-13-7-5-6-10(12)8-13/h10,14H,3-9,12H2,1-2H3. The molecule has 0 amide bonds. The predicted molar refractivity (Wildman–Crippen MR) is 59.2 cm³/mol. The van der Waals surface area contributed by atoms with Gasteiger partial charge in [0.2, 0.25) is 0 Å². The van der Waals surface area contributed by atoms with Crippen LogP contribution in [0.5, 0.6) is 0 Å². The number of likely N-dealkylation sites (tertiary alicyclic amines) is 1. The number of rotatable bonds is 4. The van der Waals surface area contributed by atoms with E-state index in [1.807, 2.05) is 13.8 Å². The van der Waals surface area contributed by atoms with Crippen molar-refractivity contribution in [3.63, 3.8) is 0 Å². The molecule has 84 valence electrons. The highest BCUT2D eigenvalue weighted by atomic mass is 16.3. The Labute approximate surface area is 87.3 Å². The third kappa shape index (κ3) is 3.23. The first-order chi connectivity index (χ1) is 6.59. The average Bonchev–Trinajstić information content (AvgIpc) is 2.18. The zero-order chi connectivity index (χ0) is 10.6. The van der Waals surface area contributed by atoms with Gasteiger partial charge in [0.15, 0.2) is 0 Å². The maximum Gasteiger partial charge on any atom is 0.0768 e. The second-order valence-corrected chi connectivity index (χ2v) is 4.57. The fourth-order valence-electron chi connectivity index (χ4n) is 2.12. The molecule has 14 heavy (non-hydrogen) atoms. The minimum Gasteiger partial charge on any atom is -0.389 e. The molecule has 1 rings (SSSR count). The van der Waals surface area contributed by atoms with Crippen molar-refractivity contribution in [2.75, 3.05) is 19.6 Å². The molecule has 0 radical (unpaired) electrons. The molecule has 1 fully saturated rings. The summed E-state index contributed by atoms with van der Waals surface area (Å²) in [6.45, 7) is 6.92. The molecule has 0 spiro atoms. The quantitative estimate of drug-likeness (QED) is 0.710. The SMILES string of the molecule is CCC(O)(CC)CN1CCCC(N)C1. The molecule has 1 aliphatic rings. The lowest BCUT2D eigenvalue weighted by Crippen LogP contribution is -2.49. The van der Waals surface area contributed by atoms with Crippen LogP contribution in [0, 0.1) is 0 Å². The van der Waals surface area contributed by atoms with E-state index in [1.54, 1.807) is 0 Å². The van der Waals surface area contributed by atoms with Crippen LogP contribution in [-0.2, 0) is 0 Å². The molecular weight excluding hydrogens is 176 g/mol. The Balaban J connectivity index is 2.41. The van der Waals surface area contributed by atoms with Gasteiger partial charge in [-0.2, -0.15) is 0 Å². The minimum atomic E-state index is -0.503. The second kappa shape index (κ2) is 5.10. The van der Waals surface area contributed by atoms with E-state index in [1.165, 1.54) is 6.42 Å². The summed E-state index contributed by atoms with van der Waals surface area (Å²) in [4.78, 5) is 2.31. The van der Waals surface area contributed by atoms with Gasteiger partial charge in [0.25, 0.3) is 0 Å². The second-order valence-electron chi connectivity index (χ2n) is 4.57. The monoisotopic (exact) mass is 200 g/mol. The lowest BCUT2D eigenvalue weighted by molar-refractivity contribution is -0.00944. The fraction of sp³-hybridized carbons (Fsp3) is 1.00. The summed E-state index contributed by atoms with van der Waals surface area (Å²) < 4.78 is 0. The van der Waals surface area contributed by atoms with Crippen LogP contribution >= 0.6 is 0 Å². The molecule has 3 nitrogen and oxygen atoms in total. The first-order valence-electron chi connectivity index (χ1n) is 5.80. The molecule has 3 N–H and O–H groups in total. The van der Waals surface area contributed by atoms with Gasteiger partial charge in [0, 0.05) is 19.1 Å². The molecule has 0 aromatic carbocycles. The Kier molecular flexibility index (Phi) is 4.35. The van der Waals surface area contributed by atoms with Crippen LogP contribution in [0.4, 0.5) is 0 Å². The van der Waals surface area contributed by atoms with Gasteiger partial charge in [-0.1, -0.05) is 13.8 Å². The number of hydrogen-bond donors (Lipinski definition) is 2. The van der Waals surface area contributed by atoms with Crippen molar-refractivity contribution in [2.45, 2.75) is 51.2 Å². The molecular formula is C11H24N2O. The van der Waals surface area contributed by atoms with Crippen LogP contribution in [0.3, 0.4) is 0 Å². The Hall–Kier alpha value is -0.120. The van der Waals surface area contributed by atoms with Crippen LogP contribution < -0.4 is 5.73 Å². The van der Waals surface area contributed by atoms with Gasteiger partial charge in [-0.05, 0) is 32.2 Å². The van der Waals surface area contributed by atoms with Gasteiger partial charge in [-0.15, -0.1) is 0 Å². The smallest absolute Gasteiger partial charge is 0.0768 e. The van der Waals surface area contributed by atoms with E-state index < -0.39 is 5.60 Å². The lowest BCUT2D eigenvalue weighted by atomic mass is 9.95. The van der Waals surface area contributed by atoms with Gasteiger partial charge in [-0.25, -0.2) is 0 Å². The summed E-state index contributed by atoms with van der Waals surface area (Å²) in [5.74, 6) is 0. The summed E-state index contributed by atoms with van der Waals surface area (Å²) in [7, 11) is 0. The molecule has 1 unspecified atom stereocenters. The van der Waals surface area contributed by atoms with E-state index in [0.717, 1.165) is 38.9 Å². The summed E-state index contributed by atoms with van der Waals surface area (Å²) in [5.41, 5.74) is 5.40. The molecule has 0 aliphatic carbocycles. The van der Waals surface area contributed by atoms with E-state index in [2.05, 4.69) is 4.90 Å². The van der Waals surface area contributed by atoms with Crippen LogP contribution in [0.2, 0.25) is 0 Å². The number of nitrogens with two attached hydrogens (primary N) is 1. The molecule has 1 atom stereocenters. The zero-order valence-electron chi connectivity index (χ0n) is 9.50. The molecule has 1 aliphatic heterocycles. The van der Waals surface area contributed by atoms with Crippen molar-refractivity contribution in [2.24, 2.45) is 5.73 Å². The number of hydrogen-bond acceptors (Lipinski definition) is 3. The lowest BCUT2D eigenvalue weighted by Gasteiger charge is -2.37. The Morgan fingerprint density at radius 1 is 1.43 bits per heavy atom. The summed E-state index contributed by atoms with van der Waals surface area (Å²) in [6, 6.07) is 0.307. The van der Waals surface area contributed by atoms with Crippen LogP contribution in [0.15, 0.2) is 0 Å². The largest absolute Gasteiger partial charge is 0.389 e. The van der Waals surface area contributed by atoms with Gasteiger partial charge in [-0.3, -0.25) is 4.90 Å². The molecule has 0 bridgehead atoms. The van der Waals surface area contributed by atoms with Gasteiger partial charge in [0.1, 0.15) is 0 Å². The highest BCUT2D eigenvalue weighted by Crippen LogP contribution is 2.18. The Bertz CT molecular complexity index is 169. The van der Waals surface area contributed by atoms with Crippen LogP contribution in [0.25, 0.3) is 0 Å². The van der Waals surface area contributed by atoms with E-state index in [0.29, 0.717) is 6.04 Å². The van der Waals surface area contributed by atoms with Gasteiger partial charge >= 0.3 is 0 Å². The first kappa shape index (κ1) is 12.0. The van der Waals surface area contributed by atoms with Crippen LogP contribution in [0.1, 0.15) is 39.5 Å². The number of nitrogens with zero attached hydrogens (tertiary/aromatic N) is 1. The molecule has 1 heterocycles. The highest BCUT2D eigenvalue weighted by molar-refractivity contribution is 4.83. The highest BCUT2D eigenvalue weighted by Gasteiger charge is 2.27. The minimum absolute atomic E-state index is 0.307. The summed E-state index contributed by atoms with van der Waals surface area (Å²) in [6.07, 6.45) is 3.96. The third-order valence-corrected chi connectivity index (χ3v) is 3.38. The number of piperidine rings is 1. The Morgan fingerprint density at radius 3 is 2.57 bits per heavy atom. The predicted octanol–water partition coefficient (Wildman–Crippen LogP) is 0.961. The first-order valence-corrected chi connectivity index (χ1v) is 5.80. The summed E-state index contributed by atoms with van der Waals surface area (Å²) >= 11 is 0. The molecule has 0 aromatic rings. The van der Waals surface area contributed by atoms with Crippen molar-refractivity contribution in [3.8, 4) is 0 Å². The van der Waals surface area contributed by atoms with E-state index in [4.69, 9.17) is 5.73 Å². The van der Waals surface area contributed by atoms with Gasteiger partial charge in [0.05, 0.1) is 5.60 Å². The van der Waals surface area contributed by atoms with Crippen molar-refractivity contribution >= 4 is 0 Å². The van der Waals surface area contributed by atoms with E-state index in [9.17, 15) is 5.11 Å². The Morgan fingerprint density at radius 2 is 2.07 bits per heavy atom. The van der Waals surface area contributed by atoms with E-state index in [-0.39, 0.29) is 0 Å². The summed E-state index contributed by atoms with van der Waals surface area (Å²) in [5, 5.41) is 10.2. The number of aliphatic hydroxyl groups is 1.